The van der Waals surface area contributed by atoms with Crippen molar-refractivity contribution in [3.05, 3.63) is 34.9 Å². The van der Waals surface area contributed by atoms with E-state index in [1.54, 1.807) is 12.1 Å². The summed E-state index contributed by atoms with van der Waals surface area (Å²) in [7, 11) is -1.27. The molecule has 0 radical (unpaired) electrons. The molecule has 1 aromatic rings. The molecule has 2 nitrogen and oxygen atoms in total. The van der Waals surface area contributed by atoms with Crippen LogP contribution in [0.15, 0.2) is 24.3 Å². The second-order valence-corrected chi connectivity index (χ2v) is 3.64. The number of rotatable bonds is 2. The summed E-state index contributed by atoms with van der Waals surface area (Å²) < 4.78 is 10.6. The third kappa shape index (κ3) is 3.01. The Morgan fingerprint density at radius 2 is 1.91 bits per heavy atom. The molecule has 0 aliphatic heterocycles. The van der Waals surface area contributed by atoms with Crippen LogP contribution >= 0.6 is 11.6 Å². The van der Waals surface area contributed by atoms with Crippen LogP contribution in [0.4, 0.5) is 0 Å². The lowest BCUT2D eigenvalue weighted by Crippen LogP contribution is -2.04. The van der Waals surface area contributed by atoms with Crippen LogP contribution in [0, 0.1) is 0 Å². The quantitative estimate of drug-likeness (QED) is 0.752. The lowest BCUT2D eigenvalue weighted by molar-refractivity contribution is 0.684. The van der Waals surface area contributed by atoms with Crippen LogP contribution in [-0.4, -0.2) is 4.21 Å². The average molecular weight is 190 g/mol. The molecule has 4 heteroatoms. The summed E-state index contributed by atoms with van der Waals surface area (Å²) in [5.41, 5.74) is 0.940. The van der Waals surface area contributed by atoms with Gasteiger partial charge in [0.15, 0.2) is 0 Å². The van der Waals surface area contributed by atoms with Gasteiger partial charge in [0.25, 0.3) is 0 Å². The van der Waals surface area contributed by atoms with Crippen molar-refractivity contribution in [2.24, 2.45) is 5.14 Å². The molecule has 1 aromatic carbocycles. The Balaban J connectivity index is 2.74. The molecule has 0 saturated heterocycles. The number of hydrogen-bond acceptors (Lipinski definition) is 1. The van der Waals surface area contributed by atoms with E-state index < -0.39 is 11.0 Å². The third-order valence-electron chi connectivity index (χ3n) is 1.22. The third-order valence-corrected chi connectivity index (χ3v) is 2.09. The van der Waals surface area contributed by atoms with Gasteiger partial charge in [-0.15, -0.1) is 0 Å². The van der Waals surface area contributed by atoms with Crippen LogP contribution in [0.3, 0.4) is 0 Å². The molecule has 0 heterocycles. The van der Waals surface area contributed by atoms with E-state index in [2.05, 4.69) is 0 Å². The zero-order chi connectivity index (χ0) is 8.27. The minimum atomic E-state index is -1.27. The standard InChI is InChI=1S/C7H8ClNOS/c8-7-3-1-6(2-4-7)5-11(9)10/h1-4H,5,9H2/t11-/m1/s1. The highest BCUT2D eigenvalue weighted by atomic mass is 35.5. The Bertz CT molecular complexity index is 260. The molecule has 60 valence electrons. The molecule has 0 aliphatic carbocycles. The van der Waals surface area contributed by atoms with Gasteiger partial charge >= 0.3 is 0 Å². The summed E-state index contributed by atoms with van der Waals surface area (Å²) in [6, 6.07) is 7.13. The summed E-state index contributed by atoms with van der Waals surface area (Å²) in [6.45, 7) is 0. The number of benzene rings is 1. The van der Waals surface area contributed by atoms with E-state index in [4.69, 9.17) is 16.7 Å². The van der Waals surface area contributed by atoms with E-state index >= 15 is 0 Å². The van der Waals surface area contributed by atoms with Crippen molar-refractivity contribution in [1.29, 1.82) is 0 Å². The van der Waals surface area contributed by atoms with E-state index in [-0.39, 0.29) is 0 Å². The van der Waals surface area contributed by atoms with Crippen LogP contribution < -0.4 is 5.14 Å². The van der Waals surface area contributed by atoms with Gasteiger partial charge in [-0.2, -0.15) is 0 Å². The van der Waals surface area contributed by atoms with Gasteiger partial charge in [0.2, 0.25) is 0 Å². The van der Waals surface area contributed by atoms with Gasteiger partial charge in [-0.1, -0.05) is 23.7 Å². The molecule has 0 unspecified atom stereocenters. The van der Waals surface area contributed by atoms with Crippen molar-refractivity contribution in [3.8, 4) is 0 Å². The number of nitrogens with two attached hydrogens (primary N) is 1. The average Bonchev–Trinajstić information content (AvgIpc) is 1.93. The molecular weight excluding hydrogens is 182 g/mol. The van der Waals surface area contributed by atoms with Crippen molar-refractivity contribution in [3.63, 3.8) is 0 Å². The Morgan fingerprint density at radius 3 is 2.36 bits per heavy atom. The second-order valence-electron chi connectivity index (χ2n) is 2.15. The molecule has 0 aliphatic rings. The first-order valence-electron chi connectivity index (χ1n) is 3.05. The first-order chi connectivity index (χ1) is 5.18. The predicted molar refractivity (Wildman–Crippen MR) is 47.5 cm³/mol. The normalized spacial score (nSPS) is 12.9. The van der Waals surface area contributed by atoms with E-state index in [1.165, 1.54) is 0 Å². The number of hydrogen-bond donors (Lipinski definition) is 1. The minimum Gasteiger partial charge on any atom is -0.252 e. The monoisotopic (exact) mass is 189 g/mol. The van der Waals surface area contributed by atoms with Crippen molar-refractivity contribution >= 4 is 22.6 Å². The molecule has 2 N–H and O–H groups in total. The fourth-order valence-electron chi connectivity index (χ4n) is 0.745. The molecule has 11 heavy (non-hydrogen) atoms. The zero-order valence-corrected chi connectivity index (χ0v) is 7.36. The Kier molecular flexibility index (Phi) is 3.05. The van der Waals surface area contributed by atoms with Gasteiger partial charge in [-0.3, -0.25) is 5.14 Å². The number of halogens is 1. The Labute approximate surface area is 72.9 Å². The van der Waals surface area contributed by atoms with Crippen LogP contribution in [0.25, 0.3) is 0 Å². The molecular formula is C7H8ClNOS. The van der Waals surface area contributed by atoms with Crippen LogP contribution in [0.2, 0.25) is 5.02 Å². The molecule has 1 atom stereocenters. The summed E-state index contributed by atoms with van der Waals surface area (Å²) in [6.07, 6.45) is 0. The SMILES string of the molecule is N[S@](=O)Cc1ccc(Cl)cc1. The van der Waals surface area contributed by atoms with Gasteiger partial charge in [0.1, 0.15) is 0 Å². The molecule has 0 bridgehead atoms. The van der Waals surface area contributed by atoms with E-state index in [9.17, 15) is 4.21 Å². The summed E-state index contributed by atoms with van der Waals surface area (Å²) in [5, 5.41) is 5.78. The Morgan fingerprint density at radius 1 is 1.36 bits per heavy atom. The van der Waals surface area contributed by atoms with Crippen molar-refractivity contribution < 1.29 is 4.21 Å². The highest BCUT2D eigenvalue weighted by Gasteiger charge is 1.95. The highest BCUT2D eigenvalue weighted by Crippen LogP contribution is 2.09. The van der Waals surface area contributed by atoms with E-state index in [0.29, 0.717) is 10.8 Å². The van der Waals surface area contributed by atoms with Gasteiger partial charge in [0.05, 0.1) is 16.7 Å². The van der Waals surface area contributed by atoms with Crippen molar-refractivity contribution in [1.82, 2.24) is 0 Å². The van der Waals surface area contributed by atoms with Gasteiger partial charge < -0.3 is 0 Å². The lowest BCUT2D eigenvalue weighted by Gasteiger charge is -1.96. The zero-order valence-electron chi connectivity index (χ0n) is 5.79. The fourth-order valence-corrected chi connectivity index (χ4v) is 1.39. The van der Waals surface area contributed by atoms with Crippen LogP contribution in [0.5, 0.6) is 0 Å². The van der Waals surface area contributed by atoms with E-state index in [1.807, 2.05) is 12.1 Å². The smallest absolute Gasteiger partial charge is 0.0933 e. The first-order valence-corrected chi connectivity index (χ1v) is 4.81. The summed E-state index contributed by atoms with van der Waals surface area (Å²) in [4.78, 5) is 0. The second kappa shape index (κ2) is 3.85. The van der Waals surface area contributed by atoms with Gasteiger partial charge in [0, 0.05) is 5.02 Å². The van der Waals surface area contributed by atoms with Crippen LogP contribution in [0.1, 0.15) is 5.56 Å². The Hall–Kier alpha value is -0.380. The minimum absolute atomic E-state index is 0.386. The van der Waals surface area contributed by atoms with Crippen molar-refractivity contribution in [2.75, 3.05) is 0 Å². The maximum Gasteiger partial charge on any atom is 0.0933 e. The highest BCUT2D eigenvalue weighted by molar-refractivity contribution is 7.81. The summed E-state index contributed by atoms with van der Waals surface area (Å²) >= 11 is 5.64. The molecule has 0 amide bonds. The topological polar surface area (TPSA) is 43.1 Å². The largest absolute Gasteiger partial charge is 0.252 e. The molecule has 1 rings (SSSR count). The molecule has 0 fully saturated rings. The lowest BCUT2D eigenvalue weighted by atomic mass is 10.2. The summed E-state index contributed by atoms with van der Waals surface area (Å²) in [5.74, 6) is 0.386. The fraction of sp³-hybridized carbons (Fsp3) is 0.143. The maximum absolute atomic E-state index is 10.6. The molecule has 0 spiro atoms. The predicted octanol–water partition coefficient (Wildman–Crippen LogP) is 1.46. The first kappa shape index (κ1) is 8.71. The maximum atomic E-state index is 10.6. The van der Waals surface area contributed by atoms with E-state index in [0.717, 1.165) is 5.56 Å². The van der Waals surface area contributed by atoms with Crippen LogP contribution in [-0.2, 0) is 16.7 Å². The molecule has 0 saturated carbocycles. The van der Waals surface area contributed by atoms with Gasteiger partial charge in [-0.25, -0.2) is 4.21 Å². The van der Waals surface area contributed by atoms with Crippen molar-refractivity contribution in [2.45, 2.75) is 5.75 Å². The van der Waals surface area contributed by atoms with Gasteiger partial charge in [-0.05, 0) is 17.7 Å². The molecule has 0 aromatic heterocycles.